The number of aliphatic carboxylic acids is 1. The van der Waals surface area contributed by atoms with Gasteiger partial charge in [-0.25, -0.2) is 9.59 Å². The molecule has 7 nitrogen and oxygen atoms in total. The van der Waals surface area contributed by atoms with Crippen LogP contribution in [0.3, 0.4) is 0 Å². The lowest BCUT2D eigenvalue weighted by atomic mass is 10.3. The van der Waals surface area contributed by atoms with Crippen molar-refractivity contribution in [1.82, 2.24) is 15.5 Å². The number of aliphatic hydroxyl groups is 1. The number of amides is 2. The van der Waals surface area contributed by atoms with E-state index < -0.39 is 24.6 Å². The summed E-state index contributed by atoms with van der Waals surface area (Å²) in [5.74, 6) is -1.26. The van der Waals surface area contributed by atoms with E-state index in [1.165, 1.54) is 0 Å². The Morgan fingerprint density at radius 1 is 1.38 bits per heavy atom. The molecule has 0 unspecified atom stereocenters. The summed E-state index contributed by atoms with van der Waals surface area (Å²) in [6, 6.07) is -1.84. The predicted octanol–water partition coefficient (Wildman–Crippen LogP) is -1.32. The van der Waals surface area contributed by atoms with Crippen molar-refractivity contribution in [1.29, 1.82) is 0 Å². The summed E-state index contributed by atoms with van der Waals surface area (Å²) in [7, 11) is 3.85. The quantitative estimate of drug-likeness (QED) is 0.409. The minimum absolute atomic E-state index is 0.460. The Kier molecular flexibility index (Phi) is 7.23. The van der Waals surface area contributed by atoms with Crippen LogP contribution in [-0.2, 0) is 4.79 Å². The number of carboxylic acid groups (broad SMARTS) is 1. The van der Waals surface area contributed by atoms with Gasteiger partial charge in [0.1, 0.15) is 0 Å². The van der Waals surface area contributed by atoms with Crippen molar-refractivity contribution in [3.8, 4) is 0 Å². The third-order valence-electron chi connectivity index (χ3n) is 1.85. The number of carbonyl (C=O) groups is 2. The molecule has 1 atom stereocenters. The van der Waals surface area contributed by atoms with Crippen LogP contribution in [0.4, 0.5) is 4.79 Å². The van der Waals surface area contributed by atoms with E-state index in [0.717, 1.165) is 13.0 Å². The number of carbonyl (C=O) groups excluding carboxylic acids is 1. The molecule has 0 spiro atoms. The van der Waals surface area contributed by atoms with Crippen molar-refractivity contribution in [2.45, 2.75) is 12.5 Å². The molecule has 0 radical (unpaired) electrons. The fraction of sp³-hybridized carbons (Fsp3) is 0.778. The molecule has 0 heterocycles. The number of rotatable bonds is 7. The Morgan fingerprint density at radius 3 is 2.44 bits per heavy atom. The molecule has 0 aromatic rings. The zero-order valence-electron chi connectivity index (χ0n) is 9.56. The van der Waals surface area contributed by atoms with Crippen LogP contribution in [0.15, 0.2) is 0 Å². The number of carboxylic acids is 1. The maximum atomic E-state index is 11.2. The van der Waals surface area contributed by atoms with E-state index in [2.05, 4.69) is 10.6 Å². The van der Waals surface area contributed by atoms with Gasteiger partial charge in [0, 0.05) is 6.54 Å². The van der Waals surface area contributed by atoms with Crippen molar-refractivity contribution in [2.75, 3.05) is 33.8 Å². The van der Waals surface area contributed by atoms with Crippen LogP contribution in [0.5, 0.6) is 0 Å². The number of hydrogen-bond acceptors (Lipinski definition) is 4. The third-order valence-corrected chi connectivity index (χ3v) is 1.85. The van der Waals surface area contributed by atoms with E-state index in [1.54, 1.807) is 0 Å². The van der Waals surface area contributed by atoms with Crippen LogP contribution >= 0.6 is 0 Å². The van der Waals surface area contributed by atoms with E-state index in [0.29, 0.717) is 6.54 Å². The minimum atomic E-state index is -1.26. The van der Waals surface area contributed by atoms with Gasteiger partial charge >= 0.3 is 12.0 Å². The third kappa shape index (κ3) is 7.02. The topological polar surface area (TPSA) is 102 Å². The van der Waals surface area contributed by atoms with Crippen LogP contribution in [-0.4, -0.2) is 66.9 Å². The first-order valence-electron chi connectivity index (χ1n) is 5.00. The Labute approximate surface area is 94.4 Å². The SMILES string of the molecule is CN(C)CCCNC(=O)N[C@@H](CO)C(=O)O. The molecule has 0 saturated heterocycles. The lowest BCUT2D eigenvalue weighted by Gasteiger charge is -2.13. The van der Waals surface area contributed by atoms with Gasteiger partial charge in [-0.05, 0) is 27.1 Å². The molecule has 0 bridgehead atoms. The number of nitrogens with one attached hydrogen (secondary N) is 2. The average molecular weight is 233 g/mol. The monoisotopic (exact) mass is 233 g/mol. The Bertz CT molecular complexity index is 233. The Balaban J connectivity index is 3.69. The summed E-state index contributed by atoms with van der Waals surface area (Å²) in [6.45, 7) is 0.671. The molecule has 0 aliphatic rings. The van der Waals surface area contributed by atoms with Gasteiger partial charge in [0.15, 0.2) is 6.04 Å². The lowest BCUT2D eigenvalue weighted by Crippen LogP contribution is -2.48. The smallest absolute Gasteiger partial charge is 0.328 e. The van der Waals surface area contributed by atoms with Gasteiger partial charge in [-0.15, -0.1) is 0 Å². The van der Waals surface area contributed by atoms with Gasteiger partial charge < -0.3 is 25.7 Å². The van der Waals surface area contributed by atoms with Crippen LogP contribution in [0, 0.1) is 0 Å². The largest absolute Gasteiger partial charge is 0.480 e. The first-order valence-corrected chi connectivity index (χ1v) is 5.00. The summed E-state index contributed by atoms with van der Waals surface area (Å²) in [5, 5.41) is 21.9. The molecule has 0 rings (SSSR count). The highest BCUT2D eigenvalue weighted by molar-refractivity contribution is 5.82. The standard InChI is InChI=1S/C9H19N3O4/c1-12(2)5-3-4-10-9(16)11-7(6-13)8(14)15/h7,13H,3-6H2,1-2H3,(H,14,15)(H2,10,11,16)/t7-/m0/s1. The molecule has 0 fully saturated rings. The molecule has 0 aromatic carbocycles. The maximum absolute atomic E-state index is 11.2. The number of nitrogens with zero attached hydrogens (tertiary/aromatic N) is 1. The summed E-state index contributed by atoms with van der Waals surface area (Å²) < 4.78 is 0. The summed E-state index contributed by atoms with van der Waals surface area (Å²) in [4.78, 5) is 23.6. The molecule has 0 aromatic heterocycles. The fourth-order valence-electron chi connectivity index (χ4n) is 0.992. The second-order valence-corrected chi connectivity index (χ2v) is 3.63. The zero-order valence-corrected chi connectivity index (χ0v) is 9.56. The van der Waals surface area contributed by atoms with Gasteiger partial charge in [-0.3, -0.25) is 0 Å². The molecular formula is C9H19N3O4. The highest BCUT2D eigenvalue weighted by Gasteiger charge is 2.17. The predicted molar refractivity (Wildman–Crippen MR) is 58.2 cm³/mol. The number of hydrogen-bond donors (Lipinski definition) is 4. The summed E-state index contributed by atoms with van der Waals surface area (Å²) in [6.07, 6.45) is 0.775. The second kappa shape index (κ2) is 7.89. The molecule has 0 saturated carbocycles. The fourth-order valence-corrected chi connectivity index (χ4v) is 0.992. The molecule has 0 aliphatic heterocycles. The Hall–Kier alpha value is -1.34. The van der Waals surface area contributed by atoms with Crippen LogP contribution in [0.1, 0.15) is 6.42 Å². The van der Waals surface area contributed by atoms with Crippen molar-refractivity contribution in [3.05, 3.63) is 0 Å². The molecule has 0 aliphatic carbocycles. The van der Waals surface area contributed by atoms with Crippen LogP contribution in [0.2, 0.25) is 0 Å². The highest BCUT2D eigenvalue weighted by Crippen LogP contribution is 1.84. The van der Waals surface area contributed by atoms with Crippen LogP contribution < -0.4 is 10.6 Å². The number of urea groups is 1. The van der Waals surface area contributed by atoms with Crippen molar-refractivity contribution in [3.63, 3.8) is 0 Å². The average Bonchev–Trinajstić information content (AvgIpc) is 2.20. The van der Waals surface area contributed by atoms with E-state index in [4.69, 9.17) is 10.2 Å². The van der Waals surface area contributed by atoms with Gasteiger partial charge in [0.2, 0.25) is 0 Å². The van der Waals surface area contributed by atoms with Crippen molar-refractivity contribution in [2.24, 2.45) is 0 Å². The Morgan fingerprint density at radius 2 is 2.00 bits per heavy atom. The van der Waals surface area contributed by atoms with Gasteiger partial charge in [-0.1, -0.05) is 0 Å². The van der Waals surface area contributed by atoms with E-state index >= 15 is 0 Å². The van der Waals surface area contributed by atoms with Gasteiger partial charge in [-0.2, -0.15) is 0 Å². The molecule has 2 amide bonds. The zero-order chi connectivity index (χ0) is 12.6. The minimum Gasteiger partial charge on any atom is -0.480 e. The van der Waals surface area contributed by atoms with E-state index in [-0.39, 0.29) is 0 Å². The molecule has 16 heavy (non-hydrogen) atoms. The summed E-state index contributed by atoms with van der Waals surface area (Å²) in [5.41, 5.74) is 0. The van der Waals surface area contributed by atoms with Crippen molar-refractivity contribution >= 4 is 12.0 Å². The number of aliphatic hydroxyl groups excluding tert-OH is 1. The normalized spacial score (nSPS) is 12.2. The molecule has 94 valence electrons. The first-order chi connectivity index (χ1) is 7.47. The first kappa shape index (κ1) is 14.7. The van der Waals surface area contributed by atoms with Gasteiger partial charge in [0.05, 0.1) is 6.61 Å². The lowest BCUT2D eigenvalue weighted by molar-refractivity contribution is -0.140. The van der Waals surface area contributed by atoms with E-state index in [9.17, 15) is 9.59 Å². The van der Waals surface area contributed by atoms with Crippen LogP contribution in [0.25, 0.3) is 0 Å². The molecule has 4 N–H and O–H groups in total. The maximum Gasteiger partial charge on any atom is 0.328 e. The van der Waals surface area contributed by atoms with E-state index in [1.807, 2.05) is 19.0 Å². The van der Waals surface area contributed by atoms with Gasteiger partial charge in [0.25, 0.3) is 0 Å². The molecular weight excluding hydrogens is 214 g/mol. The highest BCUT2D eigenvalue weighted by atomic mass is 16.4. The van der Waals surface area contributed by atoms with Crippen molar-refractivity contribution < 1.29 is 19.8 Å². The molecule has 7 heteroatoms. The second-order valence-electron chi connectivity index (χ2n) is 3.63. The summed E-state index contributed by atoms with van der Waals surface area (Å²) >= 11 is 0.